The average Bonchev–Trinajstić information content (AvgIpc) is 2.80. The van der Waals surface area contributed by atoms with Gasteiger partial charge in [-0.2, -0.15) is 9.50 Å². The first-order chi connectivity index (χ1) is 9.24. The molecule has 0 unspecified atom stereocenters. The Hall–Kier alpha value is -2.69. The van der Waals surface area contributed by atoms with Gasteiger partial charge in [0.15, 0.2) is 5.65 Å². The van der Waals surface area contributed by atoms with Crippen LogP contribution in [0.1, 0.15) is 5.82 Å². The molecule has 0 saturated heterocycles. The Bertz CT molecular complexity index is 939. The monoisotopic (exact) mass is 249 g/mol. The zero-order chi connectivity index (χ0) is 13.0. The van der Waals surface area contributed by atoms with Gasteiger partial charge in [-0.3, -0.25) is 0 Å². The van der Waals surface area contributed by atoms with E-state index in [0.717, 1.165) is 33.1 Å². The predicted octanol–water partition coefficient (Wildman–Crippen LogP) is 2.32. The summed E-state index contributed by atoms with van der Waals surface area (Å²) in [6.07, 6.45) is 0. The molecule has 4 aromatic rings. The van der Waals surface area contributed by atoms with Crippen LogP contribution in [0.4, 0.5) is 5.95 Å². The Morgan fingerprint density at radius 3 is 2.79 bits per heavy atom. The van der Waals surface area contributed by atoms with Crippen LogP contribution in [0, 0.1) is 6.92 Å². The summed E-state index contributed by atoms with van der Waals surface area (Å²) in [4.78, 5) is 8.91. The fourth-order valence-corrected chi connectivity index (χ4v) is 2.53. The molecule has 0 radical (unpaired) electrons. The van der Waals surface area contributed by atoms with Gasteiger partial charge in [-0.1, -0.05) is 30.3 Å². The third-order valence-electron chi connectivity index (χ3n) is 3.34. The topological polar surface area (TPSA) is 69.1 Å². The van der Waals surface area contributed by atoms with E-state index in [0.29, 0.717) is 0 Å². The third-order valence-corrected chi connectivity index (χ3v) is 3.34. The van der Waals surface area contributed by atoms with Crippen LogP contribution in [-0.2, 0) is 0 Å². The smallest absolute Gasteiger partial charge is 0.240 e. The first kappa shape index (κ1) is 10.3. The number of rotatable bonds is 0. The Morgan fingerprint density at radius 2 is 1.89 bits per heavy atom. The highest BCUT2D eigenvalue weighted by Crippen LogP contribution is 2.27. The molecule has 4 rings (SSSR count). The quantitative estimate of drug-likeness (QED) is 0.485. The maximum Gasteiger partial charge on any atom is 0.240 e. The van der Waals surface area contributed by atoms with Crippen LogP contribution in [0.25, 0.3) is 27.3 Å². The van der Waals surface area contributed by atoms with E-state index in [-0.39, 0.29) is 5.95 Å². The minimum Gasteiger partial charge on any atom is -0.366 e. The molecule has 92 valence electrons. The van der Waals surface area contributed by atoms with Crippen molar-refractivity contribution in [3.63, 3.8) is 0 Å². The first-order valence-electron chi connectivity index (χ1n) is 6.04. The third kappa shape index (κ3) is 1.32. The number of nitrogen functional groups attached to an aromatic ring is 1. The molecular weight excluding hydrogens is 238 g/mol. The van der Waals surface area contributed by atoms with Crippen LogP contribution in [0.15, 0.2) is 36.4 Å². The molecule has 0 spiro atoms. The predicted molar refractivity (Wildman–Crippen MR) is 74.9 cm³/mol. The van der Waals surface area contributed by atoms with E-state index < -0.39 is 0 Å². The van der Waals surface area contributed by atoms with E-state index in [1.807, 2.05) is 25.1 Å². The van der Waals surface area contributed by atoms with Gasteiger partial charge in [0.25, 0.3) is 0 Å². The molecule has 5 nitrogen and oxygen atoms in total. The second-order valence-corrected chi connectivity index (χ2v) is 4.55. The Labute approximate surface area is 108 Å². The van der Waals surface area contributed by atoms with Gasteiger partial charge in [0.1, 0.15) is 5.82 Å². The molecule has 2 aromatic carbocycles. The minimum atomic E-state index is 0.269. The second-order valence-electron chi connectivity index (χ2n) is 4.55. The highest BCUT2D eigenvalue weighted by molar-refractivity contribution is 6.12. The summed E-state index contributed by atoms with van der Waals surface area (Å²) in [5.41, 5.74) is 7.40. The zero-order valence-corrected chi connectivity index (χ0v) is 10.3. The first-order valence-corrected chi connectivity index (χ1v) is 6.04. The van der Waals surface area contributed by atoms with E-state index in [1.54, 1.807) is 4.52 Å². The normalized spacial score (nSPS) is 11.6. The molecule has 0 amide bonds. The number of hydrogen-bond donors (Lipinski definition) is 1. The lowest BCUT2D eigenvalue weighted by molar-refractivity contribution is 0.882. The Kier molecular flexibility index (Phi) is 1.84. The SMILES string of the molecule is Cc1nc2ccc3ccccc3c2c2nc(N)nn12. The molecule has 0 aliphatic heterocycles. The van der Waals surface area contributed by atoms with E-state index >= 15 is 0 Å². The van der Waals surface area contributed by atoms with E-state index in [2.05, 4.69) is 33.3 Å². The van der Waals surface area contributed by atoms with Crippen LogP contribution in [0.5, 0.6) is 0 Å². The summed E-state index contributed by atoms with van der Waals surface area (Å²) in [6.45, 7) is 1.90. The van der Waals surface area contributed by atoms with Crippen molar-refractivity contribution in [3.05, 3.63) is 42.2 Å². The molecule has 2 heterocycles. The highest BCUT2D eigenvalue weighted by atomic mass is 15.3. The summed E-state index contributed by atoms with van der Waals surface area (Å²) in [5, 5.41) is 7.46. The summed E-state index contributed by atoms with van der Waals surface area (Å²) in [6, 6.07) is 12.3. The molecule has 19 heavy (non-hydrogen) atoms. The van der Waals surface area contributed by atoms with Gasteiger partial charge < -0.3 is 5.73 Å². The fourth-order valence-electron chi connectivity index (χ4n) is 2.53. The molecule has 0 atom stereocenters. The van der Waals surface area contributed by atoms with Crippen LogP contribution in [0.2, 0.25) is 0 Å². The minimum absolute atomic E-state index is 0.269. The van der Waals surface area contributed by atoms with Crippen molar-refractivity contribution in [3.8, 4) is 0 Å². The summed E-state index contributed by atoms with van der Waals surface area (Å²) < 4.78 is 1.70. The van der Waals surface area contributed by atoms with E-state index in [4.69, 9.17) is 5.73 Å². The number of anilines is 1. The maximum absolute atomic E-state index is 5.72. The molecule has 0 bridgehead atoms. The van der Waals surface area contributed by atoms with Crippen LogP contribution in [-0.4, -0.2) is 19.6 Å². The molecule has 2 N–H and O–H groups in total. The summed E-state index contributed by atoms with van der Waals surface area (Å²) in [5.74, 6) is 1.05. The summed E-state index contributed by atoms with van der Waals surface area (Å²) >= 11 is 0. The van der Waals surface area contributed by atoms with Crippen molar-refractivity contribution in [2.45, 2.75) is 6.92 Å². The molecule has 0 fully saturated rings. The molecule has 2 aromatic heterocycles. The van der Waals surface area contributed by atoms with Crippen molar-refractivity contribution in [1.82, 2.24) is 19.6 Å². The summed E-state index contributed by atoms with van der Waals surface area (Å²) in [7, 11) is 0. The Balaban J connectivity index is 2.38. The van der Waals surface area contributed by atoms with Crippen molar-refractivity contribution < 1.29 is 0 Å². The lowest BCUT2D eigenvalue weighted by atomic mass is 10.1. The van der Waals surface area contributed by atoms with Gasteiger partial charge >= 0.3 is 0 Å². The number of benzene rings is 2. The van der Waals surface area contributed by atoms with Crippen LogP contribution >= 0.6 is 0 Å². The maximum atomic E-state index is 5.72. The standard InChI is InChI=1S/C14H11N5/c1-8-16-11-7-6-9-4-2-3-5-10(9)12(11)13-17-14(15)18-19(8)13/h2-7H,1H3,(H2,15,18). The van der Waals surface area contributed by atoms with E-state index in [1.165, 1.54) is 0 Å². The molecular formula is C14H11N5. The molecule has 0 saturated carbocycles. The van der Waals surface area contributed by atoms with Gasteiger partial charge in [0, 0.05) is 0 Å². The van der Waals surface area contributed by atoms with Gasteiger partial charge in [-0.05, 0) is 23.8 Å². The number of aryl methyl sites for hydroxylation is 1. The lowest BCUT2D eigenvalue weighted by Crippen LogP contribution is -1.99. The van der Waals surface area contributed by atoms with Gasteiger partial charge in [-0.25, -0.2) is 4.98 Å². The van der Waals surface area contributed by atoms with Crippen molar-refractivity contribution >= 4 is 33.3 Å². The molecule has 0 aliphatic carbocycles. The van der Waals surface area contributed by atoms with Gasteiger partial charge in [0.05, 0.1) is 10.9 Å². The molecule has 0 aliphatic rings. The highest BCUT2D eigenvalue weighted by Gasteiger charge is 2.12. The second kappa shape index (κ2) is 3.41. The fraction of sp³-hybridized carbons (Fsp3) is 0.0714. The van der Waals surface area contributed by atoms with Crippen LogP contribution < -0.4 is 5.73 Å². The number of nitrogens with two attached hydrogens (primary N) is 1. The van der Waals surface area contributed by atoms with Crippen LogP contribution in [0.3, 0.4) is 0 Å². The van der Waals surface area contributed by atoms with Crippen molar-refractivity contribution in [1.29, 1.82) is 0 Å². The number of aromatic nitrogens is 4. The van der Waals surface area contributed by atoms with Gasteiger partial charge in [-0.15, -0.1) is 5.10 Å². The van der Waals surface area contributed by atoms with Crippen molar-refractivity contribution in [2.75, 3.05) is 5.73 Å². The van der Waals surface area contributed by atoms with Gasteiger partial charge in [0.2, 0.25) is 5.95 Å². The lowest BCUT2D eigenvalue weighted by Gasteiger charge is -2.06. The molecule has 5 heteroatoms. The number of nitrogens with zero attached hydrogens (tertiary/aromatic N) is 4. The number of hydrogen-bond acceptors (Lipinski definition) is 4. The Morgan fingerprint density at radius 1 is 1.05 bits per heavy atom. The number of fused-ring (bicyclic) bond motifs is 5. The van der Waals surface area contributed by atoms with Crippen molar-refractivity contribution in [2.24, 2.45) is 0 Å². The zero-order valence-electron chi connectivity index (χ0n) is 10.3. The largest absolute Gasteiger partial charge is 0.366 e. The van der Waals surface area contributed by atoms with E-state index in [9.17, 15) is 0 Å². The average molecular weight is 249 g/mol.